The number of benzene rings is 1. The number of carbonyl (C=O) groups is 1. The van der Waals surface area contributed by atoms with Crippen LogP contribution in [0.25, 0.3) is 0 Å². The number of hydrogen-bond donors (Lipinski definition) is 1. The van der Waals surface area contributed by atoms with Gasteiger partial charge < -0.3 is 15.0 Å². The van der Waals surface area contributed by atoms with Gasteiger partial charge in [0.05, 0.1) is 7.11 Å². The first-order chi connectivity index (χ1) is 9.92. The van der Waals surface area contributed by atoms with E-state index >= 15 is 0 Å². The van der Waals surface area contributed by atoms with Crippen LogP contribution in [-0.4, -0.2) is 38.8 Å². The molecule has 1 N–H and O–H groups in total. The van der Waals surface area contributed by atoms with Crippen LogP contribution in [0.1, 0.15) is 26.7 Å². The highest BCUT2D eigenvalue weighted by Gasteiger charge is 2.33. The summed E-state index contributed by atoms with van der Waals surface area (Å²) in [5.74, 6) is -0.514. The minimum absolute atomic E-state index is 0.254. The normalized spacial score (nSPS) is 13.6. The van der Waals surface area contributed by atoms with Crippen LogP contribution in [0.2, 0.25) is 0 Å². The van der Waals surface area contributed by atoms with Crippen LogP contribution < -0.4 is 10.2 Å². The number of hydrogen-bond acceptors (Lipinski definition) is 4. The number of halogens is 1. The molecule has 0 amide bonds. The highest BCUT2D eigenvalue weighted by Crippen LogP contribution is 2.17. The fourth-order valence-electron chi connectivity index (χ4n) is 2.10. The van der Waals surface area contributed by atoms with Gasteiger partial charge in [0.1, 0.15) is 11.4 Å². The van der Waals surface area contributed by atoms with Crippen molar-refractivity contribution in [1.29, 1.82) is 0 Å². The molecule has 1 aromatic carbocycles. The van der Waals surface area contributed by atoms with Crippen LogP contribution in [0.5, 0.6) is 0 Å². The second-order valence-electron chi connectivity index (χ2n) is 5.40. The Hall–Kier alpha value is -1.62. The Morgan fingerprint density at radius 3 is 2.52 bits per heavy atom. The van der Waals surface area contributed by atoms with Gasteiger partial charge in [0.2, 0.25) is 0 Å². The lowest BCUT2D eigenvalue weighted by atomic mass is 9.97. The molecule has 1 aromatic rings. The summed E-state index contributed by atoms with van der Waals surface area (Å²) in [4.78, 5) is 14.0. The lowest BCUT2D eigenvalue weighted by molar-refractivity contribution is -0.148. The number of nitrogens with zero attached hydrogens (tertiary/aromatic N) is 1. The third-order valence-electron chi connectivity index (χ3n) is 3.62. The summed E-state index contributed by atoms with van der Waals surface area (Å²) in [7, 11) is 3.32. The molecule has 0 spiro atoms. The first-order valence-electron chi connectivity index (χ1n) is 7.23. The molecular weight excluding hydrogens is 271 g/mol. The smallest absolute Gasteiger partial charge is 0.325 e. The van der Waals surface area contributed by atoms with Gasteiger partial charge in [0, 0.05) is 19.3 Å². The third kappa shape index (κ3) is 5.01. The van der Waals surface area contributed by atoms with E-state index in [0.29, 0.717) is 13.0 Å². The van der Waals surface area contributed by atoms with Gasteiger partial charge in [-0.3, -0.25) is 4.79 Å². The zero-order valence-electron chi connectivity index (χ0n) is 13.3. The molecule has 0 fully saturated rings. The molecule has 0 saturated carbocycles. The number of anilines is 1. The first kappa shape index (κ1) is 17.4. The van der Waals surface area contributed by atoms with E-state index in [1.807, 2.05) is 18.9 Å². The summed E-state index contributed by atoms with van der Waals surface area (Å²) in [6.07, 6.45) is 1.55. The average molecular weight is 296 g/mol. The van der Waals surface area contributed by atoms with Crippen LogP contribution in [0.3, 0.4) is 0 Å². The van der Waals surface area contributed by atoms with E-state index in [1.165, 1.54) is 19.2 Å². The Bertz CT molecular complexity index is 450. The molecule has 21 heavy (non-hydrogen) atoms. The minimum Gasteiger partial charge on any atom is -0.468 e. The van der Waals surface area contributed by atoms with E-state index in [2.05, 4.69) is 12.2 Å². The Labute approximate surface area is 126 Å². The summed E-state index contributed by atoms with van der Waals surface area (Å²) in [6.45, 7) is 5.32. The van der Waals surface area contributed by atoms with Crippen molar-refractivity contribution < 1.29 is 13.9 Å². The summed E-state index contributed by atoms with van der Waals surface area (Å²) in [5, 5.41) is 3.25. The minimum atomic E-state index is -0.709. The largest absolute Gasteiger partial charge is 0.468 e. The van der Waals surface area contributed by atoms with Gasteiger partial charge in [-0.15, -0.1) is 0 Å². The van der Waals surface area contributed by atoms with Crippen LogP contribution in [-0.2, 0) is 9.53 Å². The van der Waals surface area contributed by atoms with Crippen molar-refractivity contribution in [3.8, 4) is 0 Å². The second-order valence-corrected chi connectivity index (χ2v) is 5.40. The molecule has 0 aromatic heterocycles. The number of esters is 1. The maximum absolute atomic E-state index is 12.9. The van der Waals surface area contributed by atoms with Crippen molar-refractivity contribution in [1.82, 2.24) is 5.32 Å². The molecular formula is C16H25FN2O2. The van der Waals surface area contributed by atoms with Crippen molar-refractivity contribution in [3.63, 3.8) is 0 Å². The van der Waals surface area contributed by atoms with Crippen molar-refractivity contribution in [2.24, 2.45) is 0 Å². The Morgan fingerprint density at radius 1 is 1.38 bits per heavy atom. The maximum Gasteiger partial charge on any atom is 0.325 e. The molecule has 0 aliphatic heterocycles. The monoisotopic (exact) mass is 296 g/mol. The van der Waals surface area contributed by atoms with Gasteiger partial charge in [-0.2, -0.15) is 0 Å². The van der Waals surface area contributed by atoms with Crippen LogP contribution in [0, 0.1) is 5.82 Å². The van der Waals surface area contributed by atoms with Gasteiger partial charge in [0.15, 0.2) is 0 Å². The lowest BCUT2D eigenvalue weighted by Crippen LogP contribution is -2.52. The van der Waals surface area contributed by atoms with E-state index in [0.717, 1.165) is 18.7 Å². The zero-order valence-corrected chi connectivity index (χ0v) is 13.3. The van der Waals surface area contributed by atoms with Crippen molar-refractivity contribution in [2.75, 3.05) is 32.1 Å². The molecule has 0 aliphatic carbocycles. The lowest BCUT2D eigenvalue weighted by Gasteiger charge is -2.30. The maximum atomic E-state index is 12.9. The Kier molecular flexibility index (Phi) is 6.62. The Balaban J connectivity index is 2.67. The van der Waals surface area contributed by atoms with E-state index < -0.39 is 5.54 Å². The van der Waals surface area contributed by atoms with Crippen LogP contribution in [0.4, 0.5) is 10.1 Å². The SMILES string of the molecule is CCCNC(C)(CCN(C)c1ccc(F)cc1)C(=O)OC. The summed E-state index contributed by atoms with van der Waals surface area (Å²) >= 11 is 0. The second kappa shape index (κ2) is 7.98. The predicted molar refractivity (Wildman–Crippen MR) is 83.0 cm³/mol. The standard InChI is InChI=1S/C16H25FN2O2/c1-5-11-18-16(2,15(20)21-4)10-12-19(3)14-8-6-13(17)7-9-14/h6-9,18H,5,10-12H2,1-4H3. The predicted octanol–water partition coefficient (Wildman–Crippen LogP) is 2.58. The first-order valence-corrected chi connectivity index (χ1v) is 7.23. The number of rotatable bonds is 8. The van der Waals surface area contributed by atoms with E-state index in [-0.39, 0.29) is 11.8 Å². The van der Waals surface area contributed by atoms with Crippen LogP contribution >= 0.6 is 0 Å². The fourth-order valence-corrected chi connectivity index (χ4v) is 2.10. The highest BCUT2D eigenvalue weighted by atomic mass is 19.1. The number of methoxy groups -OCH3 is 1. The zero-order chi connectivity index (χ0) is 15.9. The van der Waals surface area contributed by atoms with E-state index in [4.69, 9.17) is 4.74 Å². The van der Waals surface area contributed by atoms with Gasteiger partial charge >= 0.3 is 5.97 Å². The number of nitrogens with one attached hydrogen (secondary N) is 1. The fraction of sp³-hybridized carbons (Fsp3) is 0.562. The third-order valence-corrected chi connectivity index (χ3v) is 3.62. The summed E-state index contributed by atoms with van der Waals surface area (Å²) < 4.78 is 17.8. The molecule has 5 heteroatoms. The van der Waals surface area contributed by atoms with Crippen molar-refractivity contribution in [3.05, 3.63) is 30.1 Å². The number of ether oxygens (including phenoxy) is 1. The average Bonchev–Trinajstić information content (AvgIpc) is 2.50. The van der Waals surface area contributed by atoms with Gasteiger partial charge in [-0.1, -0.05) is 6.92 Å². The Morgan fingerprint density at radius 2 is 2.00 bits per heavy atom. The van der Waals surface area contributed by atoms with E-state index in [1.54, 1.807) is 12.1 Å². The molecule has 1 rings (SSSR count). The van der Waals surface area contributed by atoms with Crippen molar-refractivity contribution in [2.45, 2.75) is 32.2 Å². The molecule has 0 radical (unpaired) electrons. The molecule has 0 aliphatic rings. The summed E-state index contributed by atoms with van der Waals surface area (Å²) in [6, 6.07) is 6.32. The molecule has 0 saturated heterocycles. The molecule has 118 valence electrons. The molecule has 1 atom stereocenters. The molecule has 4 nitrogen and oxygen atoms in total. The molecule has 1 unspecified atom stereocenters. The van der Waals surface area contributed by atoms with Crippen molar-refractivity contribution >= 4 is 11.7 Å². The van der Waals surface area contributed by atoms with Gasteiger partial charge in [-0.25, -0.2) is 4.39 Å². The van der Waals surface area contributed by atoms with E-state index in [9.17, 15) is 9.18 Å². The topological polar surface area (TPSA) is 41.6 Å². The molecule has 0 heterocycles. The van der Waals surface area contributed by atoms with Gasteiger partial charge in [0.25, 0.3) is 0 Å². The highest BCUT2D eigenvalue weighted by molar-refractivity contribution is 5.80. The number of carbonyl (C=O) groups excluding carboxylic acids is 1. The quantitative estimate of drug-likeness (QED) is 0.749. The van der Waals surface area contributed by atoms with Crippen LogP contribution in [0.15, 0.2) is 24.3 Å². The molecule has 0 bridgehead atoms. The van der Waals surface area contributed by atoms with Gasteiger partial charge in [-0.05, 0) is 50.6 Å². The summed E-state index contributed by atoms with van der Waals surface area (Å²) in [5.41, 5.74) is 0.207.